The van der Waals surface area contributed by atoms with Gasteiger partial charge in [0, 0.05) is 50.1 Å². The van der Waals surface area contributed by atoms with Crippen LogP contribution in [0.15, 0.2) is 43.0 Å². The molecule has 0 spiro atoms. The quantitative estimate of drug-likeness (QED) is 0.802. The van der Waals surface area contributed by atoms with E-state index >= 15 is 0 Å². The molecule has 3 heterocycles. The standard InChI is InChI=1S/C25H32N4O3/c1-17-2-4-18(5-3-17)24(31)27-9-6-19(7-10-27)25(32)29-14-20-12-22(28-11-8-26-16-28)23(30)13-21(20)15-29/h2-5,8,11,16,19-23,30H,6-7,9-10,12-15H2,1H3/t20-,21+,22-,23-/m1/s1. The van der Waals surface area contributed by atoms with Gasteiger partial charge in [-0.25, -0.2) is 4.98 Å². The number of hydrogen-bond donors (Lipinski definition) is 1. The van der Waals surface area contributed by atoms with Crippen molar-refractivity contribution in [2.75, 3.05) is 26.2 Å². The van der Waals surface area contributed by atoms with E-state index in [1.54, 1.807) is 12.5 Å². The van der Waals surface area contributed by atoms with Crippen LogP contribution in [0.4, 0.5) is 0 Å². The largest absolute Gasteiger partial charge is 0.391 e. The minimum absolute atomic E-state index is 0.00779. The molecule has 32 heavy (non-hydrogen) atoms. The number of aliphatic hydroxyl groups excluding tert-OH is 1. The first-order valence-corrected chi connectivity index (χ1v) is 11.8. The molecule has 0 unspecified atom stereocenters. The Morgan fingerprint density at radius 1 is 1.00 bits per heavy atom. The Labute approximate surface area is 189 Å². The highest BCUT2D eigenvalue weighted by molar-refractivity contribution is 5.94. The molecular formula is C25H32N4O3. The van der Waals surface area contributed by atoms with Gasteiger partial charge in [0.1, 0.15) is 0 Å². The molecule has 2 saturated heterocycles. The zero-order valence-electron chi connectivity index (χ0n) is 18.6. The van der Waals surface area contributed by atoms with Crippen molar-refractivity contribution in [2.24, 2.45) is 17.8 Å². The Morgan fingerprint density at radius 2 is 1.69 bits per heavy atom. The number of nitrogens with zero attached hydrogens (tertiary/aromatic N) is 4. The second kappa shape index (κ2) is 8.70. The molecule has 2 amide bonds. The van der Waals surface area contributed by atoms with Crippen molar-refractivity contribution in [3.63, 3.8) is 0 Å². The highest BCUT2D eigenvalue weighted by Crippen LogP contribution is 2.42. The smallest absolute Gasteiger partial charge is 0.253 e. The molecule has 5 rings (SSSR count). The number of rotatable bonds is 3. The molecule has 7 heteroatoms. The molecule has 0 bridgehead atoms. The molecule has 1 aromatic carbocycles. The van der Waals surface area contributed by atoms with Crippen molar-refractivity contribution in [3.05, 3.63) is 54.1 Å². The molecule has 1 saturated carbocycles. The molecule has 170 valence electrons. The van der Waals surface area contributed by atoms with Crippen molar-refractivity contribution >= 4 is 11.8 Å². The van der Waals surface area contributed by atoms with Crippen LogP contribution in [0.2, 0.25) is 0 Å². The Kier molecular flexibility index (Phi) is 5.76. The van der Waals surface area contributed by atoms with Gasteiger partial charge in [0.2, 0.25) is 5.91 Å². The van der Waals surface area contributed by atoms with E-state index in [-0.39, 0.29) is 23.8 Å². The number of likely N-dealkylation sites (tertiary alicyclic amines) is 2. The number of piperidine rings is 1. The van der Waals surface area contributed by atoms with E-state index in [0.29, 0.717) is 24.9 Å². The average Bonchev–Trinajstić information content (AvgIpc) is 3.48. The van der Waals surface area contributed by atoms with Gasteiger partial charge in [-0.15, -0.1) is 0 Å². The van der Waals surface area contributed by atoms with Crippen molar-refractivity contribution in [1.82, 2.24) is 19.4 Å². The van der Waals surface area contributed by atoms with Crippen LogP contribution >= 0.6 is 0 Å². The molecule has 3 fully saturated rings. The minimum Gasteiger partial charge on any atom is -0.391 e. The van der Waals surface area contributed by atoms with Crippen molar-refractivity contribution in [1.29, 1.82) is 0 Å². The first-order valence-electron chi connectivity index (χ1n) is 11.8. The summed E-state index contributed by atoms with van der Waals surface area (Å²) >= 11 is 0. The highest BCUT2D eigenvalue weighted by atomic mass is 16.3. The molecule has 4 atom stereocenters. The topological polar surface area (TPSA) is 78.7 Å². The lowest BCUT2D eigenvalue weighted by Crippen LogP contribution is -2.44. The molecule has 7 nitrogen and oxygen atoms in total. The average molecular weight is 437 g/mol. The van der Waals surface area contributed by atoms with Crippen LogP contribution in [-0.4, -0.2) is 68.6 Å². The van der Waals surface area contributed by atoms with Crippen LogP contribution < -0.4 is 0 Å². The third kappa shape index (κ3) is 4.06. The fraction of sp³-hybridized carbons (Fsp3) is 0.560. The maximum atomic E-state index is 13.3. The molecule has 0 radical (unpaired) electrons. The number of aromatic nitrogens is 2. The maximum Gasteiger partial charge on any atom is 0.253 e. The predicted molar refractivity (Wildman–Crippen MR) is 120 cm³/mol. The van der Waals surface area contributed by atoms with Crippen molar-refractivity contribution in [3.8, 4) is 0 Å². The summed E-state index contributed by atoms with van der Waals surface area (Å²) in [5.41, 5.74) is 1.86. The van der Waals surface area contributed by atoms with Gasteiger partial charge in [-0.1, -0.05) is 17.7 Å². The summed E-state index contributed by atoms with van der Waals surface area (Å²) in [5, 5.41) is 10.7. The summed E-state index contributed by atoms with van der Waals surface area (Å²) in [5.74, 6) is 1.08. The van der Waals surface area contributed by atoms with Crippen LogP contribution in [0, 0.1) is 24.7 Å². The maximum absolute atomic E-state index is 13.3. The second-order valence-electron chi connectivity index (χ2n) is 9.81. The molecular weight excluding hydrogens is 404 g/mol. The van der Waals surface area contributed by atoms with E-state index in [0.717, 1.165) is 49.9 Å². The first-order chi connectivity index (χ1) is 15.5. The van der Waals surface area contributed by atoms with Crippen LogP contribution in [0.25, 0.3) is 0 Å². The van der Waals surface area contributed by atoms with Gasteiger partial charge in [0.25, 0.3) is 5.91 Å². The number of aliphatic hydroxyl groups is 1. The highest BCUT2D eigenvalue weighted by Gasteiger charge is 2.44. The van der Waals surface area contributed by atoms with Gasteiger partial charge in [-0.3, -0.25) is 9.59 Å². The van der Waals surface area contributed by atoms with Gasteiger partial charge in [-0.2, -0.15) is 0 Å². The predicted octanol–water partition coefficient (Wildman–Crippen LogP) is 2.51. The van der Waals surface area contributed by atoms with E-state index < -0.39 is 6.10 Å². The lowest BCUT2D eigenvalue weighted by molar-refractivity contribution is -0.136. The fourth-order valence-corrected chi connectivity index (χ4v) is 5.84. The summed E-state index contributed by atoms with van der Waals surface area (Å²) in [4.78, 5) is 34.1. The monoisotopic (exact) mass is 436 g/mol. The summed E-state index contributed by atoms with van der Waals surface area (Å²) < 4.78 is 2.01. The number of carbonyl (C=O) groups excluding carboxylic acids is 2. The van der Waals surface area contributed by atoms with E-state index in [9.17, 15) is 14.7 Å². The Balaban J connectivity index is 1.16. The van der Waals surface area contributed by atoms with Crippen LogP contribution in [0.1, 0.15) is 47.6 Å². The van der Waals surface area contributed by atoms with Gasteiger partial charge in [-0.05, 0) is 56.6 Å². The normalized spacial score (nSPS) is 28.6. The Morgan fingerprint density at radius 3 is 2.34 bits per heavy atom. The minimum atomic E-state index is -0.392. The van der Waals surface area contributed by atoms with E-state index in [1.807, 2.05) is 51.8 Å². The van der Waals surface area contributed by atoms with Gasteiger partial charge in [0.05, 0.1) is 18.5 Å². The lowest BCUT2D eigenvalue weighted by Gasteiger charge is -2.35. The number of carbonyl (C=O) groups is 2. The molecule has 1 aliphatic carbocycles. The lowest BCUT2D eigenvalue weighted by atomic mass is 9.77. The summed E-state index contributed by atoms with van der Waals surface area (Å²) in [6.45, 7) is 4.80. The van der Waals surface area contributed by atoms with E-state index in [2.05, 4.69) is 4.98 Å². The van der Waals surface area contributed by atoms with Gasteiger partial charge < -0.3 is 19.5 Å². The number of fused-ring (bicyclic) bond motifs is 1. The molecule has 1 N–H and O–H groups in total. The third-order valence-electron chi connectivity index (χ3n) is 7.76. The van der Waals surface area contributed by atoms with Crippen LogP contribution in [0.5, 0.6) is 0 Å². The summed E-state index contributed by atoms with van der Waals surface area (Å²) in [6.07, 6.45) is 8.12. The molecule has 2 aliphatic heterocycles. The van der Waals surface area contributed by atoms with Crippen molar-refractivity contribution in [2.45, 2.75) is 44.8 Å². The Hall–Kier alpha value is -2.67. The van der Waals surface area contributed by atoms with Gasteiger partial charge in [0.15, 0.2) is 0 Å². The Bertz CT molecular complexity index is 950. The van der Waals surface area contributed by atoms with Crippen LogP contribution in [0.3, 0.4) is 0 Å². The second-order valence-corrected chi connectivity index (χ2v) is 9.81. The summed E-state index contributed by atoms with van der Waals surface area (Å²) in [6, 6.07) is 7.73. The summed E-state index contributed by atoms with van der Waals surface area (Å²) in [7, 11) is 0. The number of imidazole rings is 1. The number of amides is 2. The number of hydrogen-bond acceptors (Lipinski definition) is 4. The van der Waals surface area contributed by atoms with E-state index in [1.165, 1.54) is 0 Å². The zero-order valence-corrected chi connectivity index (χ0v) is 18.6. The number of benzene rings is 1. The van der Waals surface area contributed by atoms with Crippen LogP contribution in [-0.2, 0) is 4.79 Å². The third-order valence-corrected chi connectivity index (χ3v) is 7.76. The van der Waals surface area contributed by atoms with Crippen molar-refractivity contribution < 1.29 is 14.7 Å². The first kappa shape index (κ1) is 21.2. The molecule has 2 aromatic rings. The number of aryl methyl sites for hydroxylation is 1. The van der Waals surface area contributed by atoms with Gasteiger partial charge >= 0.3 is 0 Å². The molecule has 3 aliphatic rings. The zero-order chi connectivity index (χ0) is 22.2. The molecule has 1 aromatic heterocycles. The SMILES string of the molecule is Cc1ccc(C(=O)N2CCC(C(=O)N3C[C@H]4C[C@@H](n5ccnc5)[C@H](O)C[C@H]4C3)CC2)cc1. The fourth-order valence-electron chi connectivity index (χ4n) is 5.84. The van der Waals surface area contributed by atoms with E-state index in [4.69, 9.17) is 0 Å².